The highest BCUT2D eigenvalue weighted by Gasteiger charge is 2.23. The Morgan fingerprint density at radius 3 is 2.92 bits per heavy atom. The fraction of sp³-hybridized carbons (Fsp3) is 0.421. The van der Waals surface area contributed by atoms with E-state index in [1.54, 1.807) is 18.4 Å². The first kappa shape index (κ1) is 17.8. The minimum Gasteiger partial charge on any atom is -0.496 e. The van der Waals surface area contributed by atoms with Crippen LogP contribution in [0.15, 0.2) is 35.7 Å². The maximum Gasteiger partial charge on any atom is 0.317 e. The zero-order chi connectivity index (χ0) is 17.8. The van der Waals surface area contributed by atoms with Crippen LogP contribution < -0.4 is 10.1 Å². The van der Waals surface area contributed by atoms with Crippen LogP contribution in [0.3, 0.4) is 0 Å². The predicted octanol–water partition coefficient (Wildman–Crippen LogP) is 3.13. The van der Waals surface area contributed by atoms with E-state index < -0.39 is 0 Å². The number of nitrogens with zero attached hydrogens (tertiary/aromatic N) is 2. The van der Waals surface area contributed by atoms with Crippen molar-refractivity contribution >= 4 is 17.4 Å². The molecule has 0 bridgehead atoms. The number of rotatable bonds is 5. The number of hydrogen-bond acceptors (Lipinski definition) is 4. The molecule has 1 N–H and O–H groups in total. The second-order valence-electron chi connectivity index (χ2n) is 6.45. The third-order valence-corrected chi connectivity index (χ3v) is 5.69. The lowest BCUT2D eigenvalue weighted by Gasteiger charge is -2.30. The van der Waals surface area contributed by atoms with E-state index in [9.17, 15) is 4.79 Å². The van der Waals surface area contributed by atoms with Crippen molar-refractivity contribution in [3.63, 3.8) is 0 Å². The fourth-order valence-corrected chi connectivity index (χ4v) is 4.12. The molecule has 1 aliphatic heterocycles. The first-order valence-electron chi connectivity index (χ1n) is 8.47. The molecule has 0 fully saturated rings. The maximum absolute atomic E-state index is 12.6. The minimum absolute atomic E-state index is 0.00130. The number of carbonyl (C=O) groups is 1. The fourth-order valence-electron chi connectivity index (χ4n) is 3.23. The summed E-state index contributed by atoms with van der Waals surface area (Å²) in [5, 5.41) is 5.21. The van der Waals surface area contributed by atoms with Crippen molar-refractivity contribution in [2.45, 2.75) is 19.0 Å². The third kappa shape index (κ3) is 3.96. The summed E-state index contributed by atoms with van der Waals surface area (Å²) in [6.07, 6.45) is 0.948. The van der Waals surface area contributed by atoms with Crippen LogP contribution >= 0.6 is 11.3 Å². The highest BCUT2D eigenvalue weighted by molar-refractivity contribution is 7.10. The first-order chi connectivity index (χ1) is 12.1. The van der Waals surface area contributed by atoms with Gasteiger partial charge in [-0.1, -0.05) is 18.2 Å². The summed E-state index contributed by atoms with van der Waals surface area (Å²) in [5.41, 5.74) is 2.36. The number of likely N-dealkylation sites (N-methyl/N-ethyl adjacent to an activating group) is 1. The Bertz CT molecular complexity index is 729. The Hall–Kier alpha value is -2.05. The highest BCUT2D eigenvalue weighted by Crippen LogP contribution is 2.28. The number of fused-ring (bicyclic) bond motifs is 1. The number of hydrogen-bond donors (Lipinski definition) is 1. The van der Waals surface area contributed by atoms with Gasteiger partial charge in [-0.3, -0.25) is 0 Å². The van der Waals surface area contributed by atoms with Gasteiger partial charge in [-0.2, -0.15) is 0 Å². The van der Waals surface area contributed by atoms with Gasteiger partial charge < -0.3 is 19.9 Å². The van der Waals surface area contributed by atoms with E-state index in [1.165, 1.54) is 10.4 Å². The molecule has 2 amide bonds. The van der Waals surface area contributed by atoms with Crippen molar-refractivity contribution in [3.8, 4) is 5.75 Å². The largest absolute Gasteiger partial charge is 0.496 e. The van der Waals surface area contributed by atoms with Gasteiger partial charge in [-0.05, 0) is 43.6 Å². The molecule has 1 unspecified atom stereocenters. The summed E-state index contributed by atoms with van der Waals surface area (Å²) in [7, 11) is 5.71. The lowest BCUT2D eigenvalue weighted by atomic mass is 10.0. The molecule has 2 heterocycles. The zero-order valence-electron chi connectivity index (χ0n) is 15.0. The normalized spacial score (nSPS) is 15.0. The number of thiophene rings is 1. The van der Waals surface area contributed by atoms with Gasteiger partial charge in [0.05, 0.1) is 13.2 Å². The van der Waals surface area contributed by atoms with Crippen LogP contribution in [0.2, 0.25) is 0 Å². The van der Waals surface area contributed by atoms with Gasteiger partial charge in [0.15, 0.2) is 0 Å². The van der Waals surface area contributed by atoms with Crippen LogP contribution in [0.1, 0.15) is 22.0 Å². The lowest BCUT2D eigenvalue weighted by molar-refractivity contribution is 0.187. The zero-order valence-corrected chi connectivity index (χ0v) is 15.8. The topological polar surface area (TPSA) is 44.8 Å². The van der Waals surface area contributed by atoms with Gasteiger partial charge in [0.1, 0.15) is 5.75 Å². The molecule has 0 saturated carbocycles. The number of ether oxygens (including phenoxy) is 1. The number of benzene rings is 1. The second kappa shape index (κ2) is 7.89. The van der Waals surface area contributed by atoms with E-state index >= 15 is 0 Å². The maximum atomic E-state index is 12.6. The molecule has 0 spiro atoms. The molecule has 1 aromatic heterocycles. The number of carbonyl (C=O) groups excluding carboxylic acids is 1. The molecule has 134 valence electrons. The summed E-state index contributed by atoms with van der Waals surface area (Å²) in [6.45, 7) is 2.02. The Morgan fingerprint density at radius 2 is 2.16 bits per heavy atom. The molecule has 2 aromatic rings. The molecule has 5 nitrogen and oxygen atoms in total. The van der Waals surface area contributed by atoms with E-state index in [-0.39, 0.29) is 12.1 Å². The predicted molar refractivity (Wildman–Crippen MR) is 101 cm³/mol. The molecule has 25 heavy (non-hydrogen) atoms. The Balaban J connectivity index is 1.65. The Morgan fingerprint density at radius 1 is 1.36 bits per heavy atom. The molecule has 0 saturated heterocycles. The standard InChI is InChI=1S/C19H25N3O2S/c1-21(2)16(15-6-4-5-7-17(15)24-3)12-20-19(23)22-10-8-18-14(13-22)9-11-25-18/h4-7,9,11,16H,8,10,12-13H2,1-3H3,(H,20,23). The average Bonchev–Trinajstić information content (AvgIpc) is 3.09. The van der Waals surface area contributed by atoms with Crippen molar-refractivity contribution < 1.29 is 9.53 Å². The Kier molecular flexibility index (Phi) is 5.60. The molecule has 3 rings (SSSR count). The summed E-state index contributed by atoms with van der Waals surface area (Å²) < 4.78 is 5.48. The van der Waals surface area contributed by atoms with Crippen LogP contribution in [0.4, 0.5) is 4.79 Å². The van der Waals surface area contributed by atoms with Crippen molar-refractivity contribution in [1.29, 1.82) is 0 Å². The number of urea groups is 1. The van der Waals surface area contributed by atoms with Gasteiger partial charge in [0.25, 0.3) is 0 Å². The first-order valence-corrected chi connectivity index (χ1v) is 9.35. The molecule has 0 radical (unpaired) electrons. The highest BCUT2D eigenvalue weighted by atomic mass is 32.1. The minimum atomic E-state index is -0.00130. The van der Waals surface area contributed by atoms with Crippen molar-refractivity contribution in [2.24, 2.45) is 0 Å². The molecular formula is C19H25N3O2S. The third-order valence-electron chi connectivity index (χ3n) is 4.66. The SMILES string of the molecule is COc1ccccc1C(CNC(=O)N1CCc2sccc2C1)N(C)C. The quantitative estimate of drug-likeness (QED) is 0.892. The van der Waals surface area contributed by atoms with Gasteiger partial charge in [0.2, 0.25) is 0 Å². The molecule has 1 atom stereocenters. The molecule has 1 aromatic carbocycles. The van der Waals surface area contributed by atoms with Crippen molar-refractivity contribution in [1.82, 2.24) is 15.1 Å². The van der Waals surface area contributed by atoms with E-state index in [1.807, 2.05) is 43.3 Å². The monoisotopic (exact) mass is 359 g/mol. The van der Waals surface area contributed by atoms with E-state index in [4.69, 9.17) is 4.74 Å². The van der Waals surface area contributed by atoms with Crippen LogP contribution in [0, 0.1) is 0 Å². The van der Waals surface area contributed by atoms with Crippen LogP contribution in [0.25, 0.3) is 0 Å². The summed E-state index contributed by atoms with van der Waals surface area (Å²) in [6, 6.07) is 10.1. The van der Waals surface area contributed by atoms with Gasteiger partial charge >= 0.3 is 6.03 Å². The van der Waals surface area contributed by atoms with Crippen molar-refractivity contribution in [2.75, 3.05) is 34.3 Å². The van der Waals surface area contributed by atoms with Gasteiger partial charge in [-0.25, -0.2) is 4.79 Å². The molecule has 1 aliphatic rings. The second-order valence-corrected chi connectivity index (χ2v) is 7.45. The molecular weight excluding hydrogens is 334 g/mol. The summed E-state index contributed by atoms with van der Waals surface area (Å²) in [5.74, 6) is 0.844. The number of nitrogens with one attached hydrogen (secondary N) is 1. The van der Waals surface area contributed by atoms with E-state index in [0.29, 0.717) is 13.1 Å². The van der Waals surface area contributed by atoms with Crippen LogP contribution in [-0.4, -0.2) is 50.1 Å². The summed E-state index contributed by atoms with van der Waals surface area (Å²) in [4.78, 5) is 18.0. The number of methoxy groups -OCH3 is 1. The molecule has 6 heteroatoms. The van der Waals surface area contributed by atoms with Crippen LogP contribution in [-0.2, 0) is 13.0 Å². The Labute approximate surface area is 153 Å². The van der Waals surface area contributed by atoms with Crippen LogP contribution in [0.5, 0.6) is 5.75 Å². The van der Waals surface area contributed by atoms with Crippen molar-refractivity contribution in [3.05, 3.63) is 51.7 Å². The van der Waals surface area contributed by atoms with E-state index in [0.717, 1.165) is 24.3 Å². The smallest absolute Gasteiger partial charge is 0.317 e. The average molecular weight is 359 g/mol. The lowest BCUT2D eigenvalue weighted by Crippen LogP contribution is -2.45. The summed E-state index contributed by atoms with van der Waals surface area (Å²) >= 11 is 1.78. The van der Waals surface area contributed by atoms with E-state index in [2.05, 4.69) is 21.7 Å². The molecule has 0 aliphatic carbocycles. The number of amides is 2. The number of para-hydroxylation sites is 1. The van der Waals surface area contributed by atoms with Gasteiger partial charge in [0, 0.05) is 30.1 Å². The van der Waals surface area contributed by atoms with Gasteiger partial charge in [-0.15, -0.1) is 11.3 Å².